The van der Waals surface area contributed by atoms with Crippen molar-refractivity contribution in [3.63, 3.8) is 0 Å². The molecule has 4 nitrogen and oxygen atoms in total. The van der Waals surface area contributed by atoms with Crippen LogP contribution in [0.5, 0.6) is 0 Å². The summed E-state index contributed by atoms with van der Waals surface area (Å²) < 4.78 is 0.961. The molecule has 156 valence electrons. The smallest absolute Gasteiger partial charge is 0.258 e. The molecular weight excluding hydrogens is 482 g/mol. The van der Waals surface area contributed by atoms with Crippen LogP contribution in [-0.4, -0.2) is 15.9 Å². The van der Waals surface area contributed by atoms with Crippen LogP contribution in [-0.2, 0) is 0 Å². The van der Waals surface area contributed by atoms with Gasteiger partial charge in [-0.3, -0.25) is 10.1 Å². The molecule has 1 amide bonds. The fourth-order valence-electron chi connectivity index (χ4n) is 3.51. The number of aromatic nitrogens is 2. The number of aryl methyl sites for hydroxylation is 1. The van der Waals surface area contributed by atoms with Gasteiger partial charge < -0.3 is 0 Å². The number of nitrogens with one attached hydrogen (secondary N) is 1. The van der Waals surface area contributed by atoms with Gasteiger partial charge in [0.15, 0.2) is 5.13 Å². The first-order chi connectivity index (χ1) is 15.6. The third-order valence-electron chi connectivity index (χ3n) is 5.15. The molecule has 2 aromatic heterocycles. The van der Waals surface area contributed by atoms with E-state index in [1.54, 1.807) is 0 Å². The summed E-state index contributed by atoms with van der Waals surface area (Å²) in [7, 11) is 0. The van der Waals surface area contributed by atoms with Crippen LogP contribution in [0.2, 0.25) is 0 Å². The Hall–Kier alpha value is -3.35. The summed E-state index contributed by atoms with van der Waals surface area (Å²) in [6, 6.07) is 25.6. The van der Waals surface area contributed by atoms with E-state index in [1.807, 2.05) is 72.1 Å². The minimum atomic E-state index is -0.204. The molecular formula is C26H18BrN3OS. The molecule has 1 N–H and O–H groups in total. The number of hydrogen-bond donors (Lipinski definition) is 1. The molecule has 0 saturated heterocycles. The van der Waals surface area contributed by atoms with E-state index in [4.69, 9.17) is 4.98 Å². The largest absolute Gasteiger partial charge is 0.298 e. The van der Waals surface area contributed by atoms with Gasteiger partial charge in [-0.05, 0) is 31.2 Å². The second kappa shape index (κ2) is 8.65. The van der Waals surface area contributed by atoms with E-state index in [0.29, 0.717) is 10.7 Å². The van der Waals surface area contributed by atoms with Gasteiger partial charge in [0.1, 0.15) is 0 Å². The Balaban J connectivity index is 1.50. The minimum absolute atomic E-state index is 0.204. The second-order valence-electron chi connectivity index (χ2n) is 7.44. The lowest BCUT2D eigenvalue weighted by Crippen LogP contribution is -2.13. The number of thiazole rings is 1. The number of benzene rings is 3. The van der Waals surface area contributed by atoms with E-state index < -0.39 is 0 Å². The topological polar surface area (TPSA) is 54.9 Å². The first kappa shape index (κ1) is 20.5. The van der Waals surface area contributed by atoms with Gasteiger partial charge in [0.2, 0.25) is 0 Å². The minimum Gasteiger partial charge on any atom is -0.298 e. The summed E-state index contributed by atoms with van der Waals surface area (Å²) in [6.07, 6.45) is 0. The number of carbonyl (C=O) groups is 1. The molecule has 0 aliphatic heterocycles. The Morgan fingerprint density at radius 3 is 2.50 bits per heavy atom. The highest BCUT2D eigenvalue weighted by Crippen LogP contribution is 2.29. The summed E-state index contributed by atoms with van der Waals surface area (Å²) in [5.41, 5.74) is 6.10. The van der Waals surface area contributed by atoms with Crippen LogP contribution in [0.15, 0.2) is 88.7 Å². The SMILES string of the molecule is Cc1ccc(-c2csc(NC(=O)c3cc(-c4cccc(Br)c4)nc4ccccc34)n2)cc1. The zero-order valence-electron chi connectivity index (χ0n) is 17.2. The molecule has 5 rings (SSSR count). The van der Waals surface area contributed by atoms with Crippen LogP contribution in [0.1, 0.15) is 15.9 Å². The molecule has 0 bridgehead atoms. The predicted octanol–water partition coefficient (Wildman–Crippen LogP) is 7.35. The van der Waals surface area contributed by atoms with Crippen molar-refractivity contribution < 1.29 is 4.79 Å². The Morgan fingerprint density at radius 2 is 1.69 bits per heavy atom. The number of halogens is 1. The fraction of sp³-hybridized carbons (Fsp3) is 0.0385. The van der Waals surface area contributed by atoms with Crippen molar-refractivity contribution in [1.29, 1.82) is 0 Å². The zero-order chi connectivity index (χ0) is 22.1. The van der Waals surface area contributed by atoms with Crippen LogP contribution in [0.3, 0.4) is 0 Å². The van der Waals surface area contributed by atoms with E-state index in [-0.39, 0.29) is 5.91 Å². The number of fused-ring (bicyclic) bond motifs is 1. The lowest BCUT2D eigenvalue weighted by molar-refractivity contribution is 0.102. The molecule has 32 heavy (non-hydrogen) atoms. The molecule has 5 aromatic rings. The predicted molar refractivity (Wildman–Crippen MR) is 135 cm³/mol. The Bertz CT molecular complexity index is 1440. The van der Waals surface area contributed by atoms with Gasteiger partial charge in [0.05, 0.1) is 22.5 Å². The molecule has 0 unspecified atom stereocenters. The molecule has 0 spiro atoms. The maximum atomic E-state index is 13.3. The van der Waals surface area contributed by atoms with Crippen molar-refractivity contribution >= 4 is 49.2 Å². The number of para-hydroxylation sites is 1. The molecule has 0 aliphatic carbocycles. The highest BCUT2D eigenvalue weighted by molar-refractivity contribution is 9.10. The highest BCUT2D eigenvalue weighted by atomic mass is 79.9. The number of amides is 1. The quantitative estimate of drug-likeness (QED) is 0.281. The number of carbonyl (C=O) groups excluding carboxylic acids is 1. The van der Waals surface area contributed by atoms with Gasteiger partial charge in [-0.15, -0.1) is 11.3 Å². The number of anilines is 1. The summed E-state index contributed by atoms with van der Waals surface area (Å²) in [4.78, 5) is 22.7. The summed E-state index contributed by atoms with van der Waals surface area (Å²) >= 11 is 4.93. The van der Waals surface area contributed by atoms with Gasteiger partial charge in [0.25, 0.3) is 5.91 Å². The average molecular weight is 500 g/mol. The monoisotopic (exact) mass is 499 g/mol. The van der Waals surface area contributed by atoms with Crippen molar-refractivity contribution in [3.05, 3.63) is 99.8 Å². The third-order valence-corrected chi connectivity index (χ3v) is 6.40. The van der Waals surface area contributed by atoms with Crippen LogP contribution in [0.25, 0.3) is 33.4 Å². The van der Waals surface area contributed by atoms with Crippen molar-refractivity contribution in [2.24, 2.45) is 0 Å². The fourth-order valence-corrected chi connectivity index (χ4v) is 4.63. The first-order valence-electron chi connectivity index (χ1n) is 10.1. The van der Waals surface area contributed by atoms with Gasteiger partial charge >= 0.3 is 0 Å². The van der Waals surface area contributed by atoms with Crippen molar-refractivity contribution in [2.45, 2.75) is 6.92 Å². The first-order valence-corrected chi connectivity index (χ1v) is 11.7. The molecule has 0 atom stereocenters. The maximum absolute atomic E-state index is 13.3. The lowest BCUT2D eigenvalue weighted by Gasteiger charge is -2.10. The zero-order valence-corrected chi connectivity index (χ0v) is 19.6. The molecule has 0 radical (unpaired) electrons. The lowest BCUT2D eigenvalue weighted by atomic mass is 10.0. The van der Waals surface area contributed by atoms with Crippen molar-refractivity contribution in [3.8, 4) is 22.5 Å². The van der Waals surface area contributed by atoms with Crippen LogP contribution in [0, 0.1) is 6.92 Å². The Kier molecular flexibility index (Phi) is 5.55. The van der Waals surface area contributed by atoms with E-state index in [1.165, 1.54) is 16.9 Å². The van der Waals surface area contributed by atoms with Crippen LogP contribution in [0.4, 0.5) is 5.13 Å². The standard InChI is InChI=1S/C26H18BrN3OS/c1-16-9-11-17(12-10-16)24-15-32-26(29-24)30-25(31)21-14-23(18-5-4-6-19(27)13-18)28-22-8-3-2-7-20(21)22/h2-15H,1H3,(H,29,30,31). The van der Waals surface area contributed by atoms with Gasteiger partial charge in [-0.2, -0.15) is 0 Å². The van der Waals surface area contributed by atoms with E-state index >= 15 is 0 Å². The van der Waals surface area contributed by atoms with Gasteiger partial charge in [0, 0.05) is 26.4 Å². The second-order valence-corrected chi connectivity index (χ2v) is 9.21. The normalized spacial score (nSPS) is 10.9. The summed E-state index contributed by atoms with van der Waals surface area (Å²) in [6.45, 7) is 2.05. The van der Waals surface area contributed by atoms with Gasteiger partial charge in [-0.1, -0.05) is 76.1 Å². The molecule has 3 aromatic carbocycles. The number of rotatable bonds is 4. The number of nitrogens with zero attached hydrogens (tertiary/aromatic N) is 2. The van der Waals surface area contributed by atoms with E-state index in [2.05, 4.69) is 45.3 Å². The number of pyridine rings is 1. The molecule has 0 aliphatic rings. The molecule has 6 heteroatoms. The van der Waals surface area contributed by atoms with E-state index in [9.17, 15) is 4.79 Å². The van der Waals surface area contributed by atoms with Crippen LogP contribution < -0.4 is 5.32 Å². The van der Waals surface area contributed by atoms with Crippen molar-refractivity contribution in [1.82, 2.24) is 9.97 Å². The summed E-state index contributed by atoms with van der Waals surface area (Å²) in [5, 5.41) is 6.30. The van der Waals surface area contributed by atoms with Crippen LogP contribution >= 0.6 is 27.3 Å². The van der Waals surface area contributed by atoms with Gasteiger partial charge in [-0.25, -0.2) is 9.97 Å². The third kappa shape index (κ3) is 4.20. The highest BCUT2D eigenvalue weighted by Gasteiger charge is 2.16. The molecule has 2 heterocycles. The van der Waals surface area contributed by atoms with E-state index in [0.717, 1.165) is 37.9 Å². The maximum Gasteiger partial charge on any atom is 0.258 e. The molecule has 0 saturated carbocycles. The summed E-state index contributed by atoms with van der Waals surface area (Å²) in [5.74, 6) is -0.204. The molecule has 0 fully saturated rings. The Labute approximate surface area is 198 Å². The average Bonchev–Trinajstić information content (AvgIpc) is 3.27. The number of hydrogen-bond acceptors (Lipinski definition) is 4. The Morgan fingerprint density at radius 1 is 0.875 bits per heavy atom. The van der Waals surface area contributed by atoms with Crippen molar-refractivity contribution in [2.75, 3.05) is 5.32 Å².